The molecule has 12 heteroatoms. The molecule has 0 radical (unpaired) electrons. The summed E-state index contributed by atoms with van der Waals surface area (Å²) in [6, 6.07) is 3.93. The van der Waals surface area contributed by atoms with Gasteiger partial charge in [-0.1, -0.05) is 11.6 Å². The maximum atomic E-state index is 10.4. The van der Waals surface area contributed by atoms with Crippen molar-refractivity contribution < 1.29 is 9.84 Å². The molecule has 2 aromatic heterocycles. The van der Waals surface area contributed by atoms with Crippen LogP contribution >= 0.6 is 11.6 Å². The Labute approximate surface area is 196 Å². The molecular formula is C21H28ClN9O2. The molecule has 1 atom stereocenters. The van der Waals surface area contributed by atoms with E-state index in [0.29, 0.717) is 65.4 Å². The molecule has 3 heterocycles. The van der Waals surface area contributed by atoms with E-state index in [1.807, 2.05) is 6.07 Å². The average molecular weight is 474 g/mol. The zero-order valence-corrected chi connectivity index (χ0v) is 19.3. The summed E-state index contributed by atoms with van der Waals surface area (Å²) in [7, 11) is 0. The molecule has 2 fully saturated rings. The number of ether oxygens (including phenoxy) is 1. The molecule has 1 aromatic carbocycles. The topological polar surface area (TPSA) is 152 Å². The molecule has 5 rings (SSSR count). The summed E-state index contributed by atoms with van der Waals surface area (Å²) in [5.74, 6) is 1.32. The van der Waals surface area contributed by atoms with Gasteiger partial charge in [0.15, 0.2) is 11.5 Å². The second kappa shape index (κ2) is 8.08. The van der Waals surface area contributed by atoms with Gasteiger partial charge < -0.3 is 36.8 Å². The Morgan fingerprint density at radius 2 is 2.06 bits per heavy atom. The van der Waals surface area contributed by atoms with Gasteiger partial charge in [-0.15, -0.1) is 5.10 Å². The van der Waals surface area contributed by atoms with Gasteiger partial charge in [0.1, 0.15) is 11.9 Å². The van der Waals surface area contributed by atoms with Gasteiger partial charge in [-0.25, -0.2) is 4.98 Å². The first-order valence-corrected chi connectivity index (χ1v) is 11.3. The Morgan fingerprint density at radius 3 is 2.79 bits per heavy atom. The second-order valence-corrected chi connectivity index (χ2v) is 9.48. The molecular weight excluding hydrogens is 446 g/mol. The van der Waals surface area contributed by atoms with Crippen molar-refractivity contribution in [3.05, 3.63) is 23.4 Å². The molecule has 1 aliphatic heterocycles. The number of nitrogens with one attached hydrogen (secondary N) is 2. The zero-order valence-electron chi connectivity index (χ0n) is 18.5. The van der Waals surface area contributed by atoms with Gasteiger partial charge >= 0.3 is 0 Å². The summed E-state index contributed by atoms with van der Waals surface area (Å²) in [5.41, 5.74) is 13.7. The van der Waals surface area contributed by atoms with Gasteiger partial charge in [0, 0.05) is 24.8 Å². The number of nitrogens with zero attached hydrogens (tertiary/aromatic N) is 5. The van der Waals surface area contributed by atoms with Gasteiger partial charge in [0.2, 0.25) is 5.95 Å². The van der Waals surface area contributed by atoms with E-state index in [2.05, 4.69) is 30.6 Å². The number of nitrogen functional groups attached to an aromatic ring is 2. The summed E-state index contributed by atoms with van der Waals surface area (Å²) in [4.78, 5) is 11.0. The van der Waals surface area contributed by atoms with Crippen LogP contribution in [0.5, 0.6) is 0 Å². The van der Waals surface area contributed by atoms with Crippen LogP contribution in [0.15, 0.2) is 18.3 Å². The number of aromatic nitrogens is 4. The van der Waals surface area contributed by atoms with Crippen LogP contribution in [0.3, 0.4) is 0 Å². The molecule has 1 saturated heterocycles. The minimum atomic E-state index is -0.981. The molecule has 1 aliphatic carbocycles. The fraction of sp³-hybridized carbons (Fsp3) is 0.476. The van der Waals surface area contributed by atoms with Gasteiger partial charge in [0.05, 0.1) is 34.8 Å². The number of imidazole rings is 1. The van der Waals surface area contributed by atoms with Crippen LogP contribution in [0.1, 0.15) is 26.7 Å². The van der Waals surface area contributed by atoms with Crippen molar-refractivity contribution >= 4 is 51.9 Å². The van der Waals surface area contributed by atoms with Crippen molar-refractivity contribution in [1.82, 2.24) is 19.6 Å². The van der Waals surface area contributed by atoms with Crippen LogP contribution in [-0.4, -0.2) is 62.1 Å². The highest BCUT2D eigenvalue weighted by atomic mass is 35.5. The molecule has 11 nitrogen and oxygen atoms in total. The molecule has 0 spiro atoms. The molecule has 2 aliphatic rings. The van der Waals surface area contributed by atoms with E-state index in [0.717, 1.165) is 18.5 Å². The summed E-state index contributed by atoms with van der Waals surface area (Å²) in [5, 5.41) is 21.9. The minimum absolute atomic E-state index is 0.310. The van der Waals surface area contributed by atoms with Gasteiger partial charge in [-0.05, 0) is 38.8 Å². The van der Waals surface area contributed by atoms with Crippen LogP contribution in [0.2, 0.25) is 5.02 Å². The van der Waals surface area contributed by atoms with Gasteiger partial charge in [0.25, 0.3) is 0 Å². The quantitative estimate of drug-likeness (QED) is 0.337. The standard InChI is InChI=1S/C21H28ClN9O2/c1-21(2,32)15-10-30(5-6-33-15)14-8-11(23)7-13(17(14)22)27-20-28-18(26-12-3-4-12)19-25-9-16(24)31(19)29-20/h7-9,12,15,32H,3-6,10,23-24H2,1-2H3,(H2,26,27,28,29). The SMILES string of the molecule is CC(C)(O)C1CN(c2cc(N)cc(Nc3nc(NC4CC4)c4ncc(N)n4n3)c2Cl)CCO1. The Kier molecular flexibility index (Phi) is 5.34. The van der Waals surface area contributed by atoms with E-state index >= 15 is 0 Å². The lowest BCUT2D eigenvalue weighted by Gasteiger charge is -2.40. The third kappa shape index (κ3) is 4.43. The van der Waals surface area contributed by atoms with Gasteiger partial charge in [-0.2, -0.15) is 9.50 Å². The number of anilines is 6. The lowest BCUT2D eigenvalue weighted by molar-refractivity contribution is -0.0927. The minimum Gasteiger partial charge on any atom is -0.399 e. The highest BCUT2D eigenvalue weighted by Crippen LogP contribution is 2.38. The summed E-state index contributed by atoms with van der Waals surface area (Å²) >= 11 is 6.81. The number of nitrogens with two attached hydrogens (primary N) is 2. The highest BCUT2D eigenvalue weighted by molar-refractivity contribution is 6.36. The fourth-order valence-corrected chi connectivity index (χ4v) is 4.11. The first-order chi connectivity index (χ1) is 15.7. The molecule has 3 aromatic rings. The van der Waals surface area contributed by atoms with E-state index in [4.69, 9.17) is 27.8 Å². The zero-order chi connectivity index (χ0) is 23.3. The van der Waals surface area contributed by atoms with E-state index in [1.165, 1.54) is 4.52 Å². The number of benzene rings is 1. The first kappa shape index (κ1) is 21.8. The van der Waals surface area contributed by atoms with Crippen LogP contribution in [0.4, 0.5) is 34.6 Å². The second-order valence-electron chi connectivity index (χ2n) is 9.11. The fourth-order valence-electron chi connectivity index (χ4n) is 3.84. The van der Waals surface area contributed by atoms with Crippen molar-refractivity contribution in [2.45, 2.75) is 44.4 Å². The number of hydrogen-bond acceptors (Lipinski definition) is 10. The Hall–Kier alpha value is -3.02. The number of aliphatic hydroxyl groups is 1. The van der Waals surface area contributed by atoms with Crippen LogP contribution in [0, 0.1) is 0 Å². The lowest BCUT2D eigenvalue weighted by atomic mass is 10.00. The molecule has 1 saturated carbocycles. The van der Waals surface area contributed by atoms with Gasteiger partial charge in [-0.3, -0.25) is 0 Å². The molecule has 176 valence electrons. The Morgan fingerprint density at radius 1 is 1.27 bits per heavy atom. The number of rotatable bonds is 6. The lowest BCUT2D eigenvalue weighted by Crippen LogP contribution is -2.52. The van der Waals surface area contributed by atoms with Crippen LogP contribution in [-0.2, 0) is 4.74 Å². The molecule has 33 heavy (non-hydrogen) atoms. The normalized spacial score (nSPS) is 19.2. The van der Waals surface area contributed by atoms with E-state index in [-0.39, 0.29) is 6.10 Å². The third-order valence-corrected chi connectivity index (χ3v) is 6.22. The number of morpholine rings is 1. The molecule has 0 amide bonds. The predicted octanol–water partition coefficient (Wildman–Crippen LogP) is 2.24. The van der Waals surface area contributed by atoms with Crippen molar-refractivity contribution in [3.63, 3.8) is 0 Å². The number of fused-ring (bicyclic) bond motifs is 1. The third-order valence-electron chi connectivity index (χ3n) is 5.82. The maximum absolute atomic E-state index is 10.4. The largest absolute Gasteiger partial charge is 0.399 e. The number of halogens is 1. The van der Waals surface area contributed by atoms with Crippen molar-refractivity contribution in [3.8, 4) is 0 Å². The van der Waals surface area contributed by atoms with Crippen LogP contribution < -0.4 is 27.0 Å². The van der Waals surface area contributed by atoms with Crippen molar-refractivity contribution in [1.29, 1.82) is 0 Å². The smallest absolute Gasteiger partial charge is 0.247 e. The summed E-state index contributed by atoms with van der Waals surface area (Å²) < 4.78 is 7.29. The molecule has 7 N–H and O–H groups in total. The molecule has 1 unspecified atom stereocenters. The Bertz CT molecular complexity index is 1190. The monoisotopic (exact) mass is 473 g/mol. The molecule has 0 bridgehead atoms. The summed E-state index contributed by atoms with van der Waals surface area (Å²) in [6.07, 6.45) is 3.37. The Balaban J connectivity index is 1.47. The van der Waals surface area contributed by atoms with Crippen molar-refractivity contribution in [2.75, 3.05) is 46.7 Å². The van der Waals surface area contributed by atoms with Crippen molar-refractivity contribution in [2.24, 2.45) is 0 Å². The van der Waals surface area contributed by atoms with E-state index in [1.54, 1.807) is 26.1 Å². The summed E-state index contributed by atoms with van der Waals surface area (Å²) in [6.45, 7) is 5.04. The van der Waals surface area contributed by atoms with E-state index in [9.17, 15) is 5.11 Å². The van der Waals surface area contributed by atoms with E-state index < -0.39 is 5.60 Å². The first-order valence-electron chi connectivity index (χ1n) is 10.9. The predicted molar refractivity (Wildman–Crippen MR) is 129 cm³/mol. The average Bonchev–Trinajstić information content (AvgIpc) is 3.50. The maximum Gasteiger partial charge on any atom is 0.247 e. The number of hydrogen-bond donors (Lipinski definition) is 5. The van der Waals surface area contributed by atoms with Crippen LogP contribution in [0.25, 0.3) is 5.65 Å². The highest BCUT2D eigenvalue weighted by Gasteiger charge is 2.33.